The van der Waals surface area contributed by atoms with Gasteiger partial charge in [-0.15, -0.1) is 0 Å². The lowest BCUT2D eigenvalue weighted by molar-refractivity contribution is 0.441. The summed E-state index contributed by atoms with van der Waals surface area (Å²) in [5.41, 5.74) is 0.848. The Balaban J connectivity index is 2.27. The lowest BCUT2D eigenvalue weighted by atomic mass is 9.90. The van der Waals surface area contributed by atoms with Gasteiger partial charge in [-0.2, -0.15) is 5.26 Å². The molecule has 86 valence electrons. The van der Waals surface area contributed by atoms with Crippen molar-refractivity contribution in [1.82, 2.24) is 0 Å². The first-order chi connectivity index (χ1) is 7.53. The fourth-order valence-electron chi connectivity index (χ4n) is 1.39. The van der Waals surface area contributed by atoms with E-state index in [4.69, 9.17) is 16.9 Å². The van der Waals surface area contributed by atoms with E-state index in [9.17, 15) is 0 Å². The molecule has 0 aliphatic rings. The summed E-state index contributed by atoms with van der Waals surface area (Å²) in [6, 6.07) is 9.94. The third-order valence-corrected chi connectivity index (χ3v) is 2.71. The molecule has 0 aliphatic carbocycles. The summed E-state index contributed by atoms with van der Waals surface area (Å²) >= 11 is 5.79. The quantitative estimate of drug-likeness (QED) is 0.782. The Morgan fingerprint density at radius 1 is 1.31 bits per heavy atom. The molecule has 0 radical (unpaired) electrons. The summed E-state index contributed by atoms with van der Waals surface area (Å²) in [4.78, 5) is 0. The van der Waals surface area contributed by atoms with Crippen LogP contribution in [0.15, 0.2) is 24.3 Å². The van der Waals surface area contributed by atoms with Gasteiger partial charge < -0.3 is 5.32 Å². The predicted molar refractivity (Wildman–Crippen MR) is 68.6 cm³/mol. The lowest BCUT2D eigenvalue weighted by Crippen LogP contribution is -2.11. The van der Waals surface area contributed by atoms with Crippen LogP contribution in [0.3, 0.4) is 0 Å². The highest BCUT2D eigenvalue weighted by Gasteiger charge is 2.15. The predicted octanol–water partition coefficient (Wildman–Crippen LogP) is 4.08. The van der Waals surface area contributed by atoms with E-state index in [-0.39, 0.29) is 5.41 Å². The van der Waals surface area contributed by atoms with Gasteiger partial charge in [0.25, 0.3) is 0 Å². The zero-order chi connectivity index (χ0) is 12.0. The second-order valence-electron chi connectivity index (χ2n) is 4.53. The molecule has 0 amide bonds. The van der Waals surface area contributed by atoms with Crippen LogP contribution < -0.4 is 5.32 Å². The van der Waals surface area contributed by atoms with Gasteiger partial charge in [0.1, 0.15) is 0 Å². The molecule has 0 bridgehead atoms. The Kier molecular flexibility index (Phi) is 4.64. The Labute approximate surface area is 102 Å². The van der Waals surface area contributed by atoms with Crippen molar-refractivity contribution >= 4 is 17.3 Å². The van der Waals surface area contributed by atoms with Gasteiger partial charge in [-0.3, -0.25) is 0 Å². The first-order valence-electron chi connectivity index (χ1n) is 5.44. The summed E-state index contributed by atoms with van der Waals surface area (Å²) in [5.74, 6) is 0. The maximum absolute atomic E-state index is 8.86. The van der Waals surface area contributed by atoms with E-state index in [2.05, 4.69) is 11.4 Å². The molecule has 0 fully saturated rings. The van der Waals surface area contributed by atoms with E-state index in [1.165, 1.54) is 0 Å². The van der Waals surface area contributed by atoms with Crippen LogP contribution in [0.1, 0.15) is 26.7 Å². The summed E-state index contributed by atoms with van der Waals surface area (Å²) in [6.07, 6.45) is 1.90. The van der Waals surface area contributed by atoms with Gasteiger partial charge in [0.15, 0.2) is 0 Å². The molecule has 16 heavy (non-hydrogen) atoms. The van der Waals surface area contributed by atoms with Crippen molar-refractivity contribution in [3.63, 3.8) is 0 Å². The minimum absolute atomic E-state index is 0.221. The molecule has 0 saturated heterocycles. The molecule has 1 aromatic carbocycles. The molecule has 1 rings (SSSR count). The van der Waals surface area contributed by atoms with E-state index in [1.54, 1.807) is 0 Å². The Bertz CT molecular complexity index is 363. The fraction of sp³-hybridized carbons (Fsp3) is 0.462. The number of halogens is 1. The monoisotopic (exact) mass is 236 g/mol. The molecule has 1 N–H and O–H groups in total. The van der Waals surface area contributed by atoms with Gasteiger partial charge in [0, 0.05) is 17.3 Å². The Hall–Kier alpha value is -1.20. The number of hydrogen-bond donors (Lipinski definition) is 1. The van der Waals surface area contributed by atoms with Gasteiger partial charge in [-0.05, 0) is 51.0 Å². The number of hydrogen-bond acceptors (Lipinski definition) is 2. The van der Waals surface area contributed by atoms with Crippen LogP contribution in [-0.2, 0) is 0 Å². The first kappa shape index (κ1) is 12.9. The molecule has 3 heteroatoms. The highest BCUT2D eigenvalue weighted by Crippen LogP contribution is 2.20. The molecular weight excluding hydrogens is 220 g/mol. The van der Waals surface area contributed by atoms with Crippen molar-refractivity contribution in [2.75, 3.05) is 11.9 Å². The van der Waals surface area contributed by atoms with E-state index < -0.39 is 0 Å². The van der Waals surface area contributed by atoms with E-state index in [0.717, 1.165) is 30.1 Å². The second-order valence-corrected chi connectivity index (χ2v) is 4.97. The van der Waals surface area contributed by atoms with Crippen LogP contribution in [0.5, 0.6) is 0 Å². The maximum Gasteiger partial charge on any atom is 0.0683 e. The zero-order valence-corrected chi connectivity index (χ0v) is 10.5. The number of rotatable bonds is 5. The second kappa shape index (κ2) is 5.77. The Morgan fingerprint density at radius 3 is 2.50 bits per heavy atom. The van der Waals surface area contributed by atoms with Crippen molar-refractivity contribution in [1.29, 1.82) is 5.26 Å². The number of benzene rings is 1. The fourth-order valence-corrected chi connectivity index (χ4v) is 1.51. The SMILES string of the molecule is CC(C)(C#N)CCCNc1ccc(Cl)cc1. The van der Waals surface area contributed by atoms with Crippen LogP contribution in [-0.4, -0.2) is 6.54 Å². The van der Waals surface area contributed by atoms with Crippen LogP contribution in [0.2, 0.25) is 5.02 Å². The van der Waals surface area contributed by atoms with E-state index in [0.29, 0.717) is 0 Å². The molecule has 1 aromatic rings. The maximum atomic E-state index is 8.86. The van der Waals surface area contributed by atoms with Crippen molar-refractivity contribution in [3.05, 3.63) is 29.3 Å². The van der Waals surface area contributed by atoms with Crippen molar-refractivity contribution in [3.8, 4) is 6.07 Å². The van der Waals surface area contributed by atoms with E-state index in [1.807, 2.05) is 38.1 Å². The van der Waals surface area contributed by atoms with Crippen LogP contribution in [0.25, 0.3) is 0 Å². The third-order valence-electron chi connectivity index (χ3n) is 2.45. The van der Waals surface area contributed by atoms with Crippen molar-refractivity contribution < 1.29 is 0 Å². The third kappa shape index (κ3) is 4.55. The molecule has 0 aliphatic heterocycles. The van der Waals surface area contributed by atoms with Crippen molar-refractivity contribution in [2.45, 2.75) is 26.7 Å². The highest BCUT2D eigenvalue weighted by atomic mass is 35.5. The molecule has 2 nitrogen and oxygen atoms in total. The van der Waals surface area contributed by atoms with Crippen LogP contribution in [0.4, 0.5) is 5.69 Å². The highest BCUT2D eigenvalue weighted by molar-refractivity contribution is 6.30. The lowest BCUT2D eigenvalue weighted by Gasteiger charge is -2.14. The normalized spacial score (nSPS) is 10.9. The largest absolute Gasteiger partial charge is 0.385 e. The molecule has 0 atom stereocenters. The van der Waals surface area contributed by atoms with Gasteiger partial charge in [0.2, 0.25) is 0 Å². The summed E-state index contributed by atoms with van der Waals surface area (Å²) in [5, 5.41) is 12.9. The van der Waals surface area contributed by atoms with Crippen LogP contribution in [0, 0.1) is 16.7 Å². The molecule has 0 saturated carbocycles. The number of nitrogens with one attached hydrogen (secondary N) is 1. The van der Waals surface area contributed by atoms with Gasteiger partial charge in [-0.1, -0.05) is 11.6 Å². The summed E-state index contributed by atoms with van der Waals surface area (Å²) < 4.78 is 0. The minimum Gasteiger partial charge on any atom is -0.385 e. The number of anilines is 1. The zero-order valence-electron chi connectivity index (χ0n) is 9.76. The molecular formula is C13H17ClN2. The average molecular weight is 237 g/mol. The Morgan fingerprint density at radius 2 is 1.94 bits per heavy atom. The van der Waals surface area contributed by atoms with Gasteiger partial charge in [0.05, 0.1) is 11.5 Å². The number of nitrogens with zero attached hydrogens (tertiary/aromatic N) is 1. The number of nitriles is 1. The standard InChI is InChI=1S/C13H17ClN2/c1-13(2,10-15)8-3-9-16-12-6-4-11(14)5-7-12/h4-7,16H,3,8-9H2,1-2H3. The van der Waals surface area contributed by atoms with E-state index >= 15 is 0 Å². The smallest absolute Gasteiger partial charge is 0.0683 e. The molecule has 0 heterocycles. The van der Waals surface area contributed by atoms with Crippen molar-refractivity contribution in [2.24, 2.45) is 5.41 Å². The summed E-state index contributed by atoms with van der Waals surface area (Å²) in [6.45, 7) is 4.82. The summed E-state index contributed by atoms with van der Waals surface area (Å²) in [7, 11) is 0. The van der Waals surface area contributed by atoms with Crippen LogP contribution >= 0.6 is 11.6 Å². The van der Waals surface area contributed by atoms with Gasteiger partial charge in [-0.25, -0.2) is 0 Å². The average Bonchev–Trinajstić information content (AvgIpc) is 2.27. The molecule has 0 spiro atoms. The van der Waals surface area contributed by atoms with Gasteiger partial charge >= 0.3 is 0 Å². The topological polar surface area (TPSA) is 35.8 Å². The molecule has 0 unspecified atom stereocenters. The molecule has 0 aromatic heterocycles. The minimum atomic E-state index is -0.221. The first-order valence-corrected chi connectivity index (χ1v) is 5.82.